The third-order valence-electron chi connectivity index (χ3n) is 3.31. The molecule has 0 unspecified atom stereocenters. The molecule has 20 heavy (non-hydrogen) atoms. The van der Waals surface area contributed by atoms with E-state index < -0.39 is 0 Å². The number of nitrogens with zero attached hydrogens (tertiary/aromatic N) is 4. The zero-order chi connectivity index (χ0) is 14.1. The lowest BCUT2D eigenvalue weighted by Gasteiger charge is -2.23. The van der Waals surface area contributed by atoms with E-state index in [1.165, 1.54) is 12.4 Å². The number of anilines is 1. The Morgan fingerprint density at radius 3 is 3.15 bits per heavy atom. The third-order valence-corrected chi connectivity index (χ3v) is 3.80. The molecule has 0 spiro atoms. The van der Waals surface area contributed by atoms with E-state index in [0.717, 1.165) is 25.2 Å². The average molecular weight is 338 g/mol. The predicted octanol–water partition coefficient (Wildman–Crippen LogP) is 2.90. The third kappa shape index (κ3) is 2.38. The van der Waals surface area contributed by atoms with Crippen molar-refractivity contribution in [2.45, 2.75) is 25.4 Å². The van der Waals surface area contributed by atoms with Crippen LogP contribution >= 0.6 is 15.9 Å². The molecule has 0 amide bonds. The van der Waals surface area contributed by atoms with Gasteiger partial charge in [0.05, 0.1) is 11.0 Å². The lowest BCUT2D eigenvalue weighted by Crippen LogP contribution is -2.23. The molecule has 7 nitrogen and oxygen atoms in total. The SMILES string of the molecule is O=[N+]([O-])c1cc(Br)ccc1N[C@H]1CCCn2ncnc21. The van der Waals surface area contributed by atoms with Crippen molar-refractivity contribution in [2.24, 2.45) is 0 Å². The van der Waals surface area contributed by atoms with Crippen molar-refractivity contribution in [3.63, 3.8) is 0 Å². The first-order chi connectivity index (χ1) is 9.65. The Hall–Kier alpha value is -1.96. The van der Waals surface area contributed by atoms with Gasteiger partial charge in [-0.3, -0.25) is 10.1 Å². The number of nitrogens with one attached hydrogen (secondary N) is 1. The number of rotatable bonds is 3. The fourth-order valence-corrected chi connectivity index (χ4v) is 2.74. The van der Waals surface area contributed by atoms with E-state index in [-0.39, 0.29) is 16.7 Å². The lowest BCUT2D eigenvalue weighted by molar-refractivity contribution is -0.384. The number of aryl methyl sites for hydroxylation is 1. The van der Waals surface area contributed by atoms with Crippen LogP contribution in [0.15, 0.2) is 29.0 Å². The van der Waals surface area contributed by atoms with E-state index in [4.69, 9.17) is 0 Å². The van der Waals surface area contributed by atoms with Crippen LogP contribution in [0.2, 0.25) is 0 Å². The monoisotopic (exact) mass is 337 g/mol. The second-order valence-corrected chi connectivity index (χ2v) is 5.51. The first-order valence-electron chi connectivity index (χ1n) is 6.23. The highest BCUT2D eigenvalue weighted by Crippen LogP contribution is 2.33. The number of nitro groups is 1. The van der Waals surface area contributed by atoms with Gasteiger partial charge in [0, 0.05) is 17.1 Å². The number of hydrogen-bond donors (Lipinski definition) is 1. The fraction of sp³-hybridized carbons (Fsp3) is 0.333. The summed E-state index contributed by atoms with van der Waals surface area (Å²) in [6, 6.07) is 4.93. The maximum absolute atomic E-state index is 11.1. The van der Waals surface area contributed by atoms with Crippen LogP contribution in [-0.4, -0.2) is 19.7 Å². The van der Waals surface area contributed by atoms with Crippen LogP contribution in [-0.2, 0) is 6.54 Å². The van der Waals surface area contributed by atoms with Crippen LogP contribution in [0.4, 0.5) is 11.4 Å². The molecule has 1 N–H and O–H groups in total. The summed E-state index contributed by atoms with van der Waals surface area (Å²) in [6.45, 7) is 0.843. The minimum atomic E-state index is -0.388. The topological polar surface area (TPSA) is 85.9 Å². The van der Waals surface area contributed by atoms with Crippen LogP contribution in [0.5, 0.6) is 0 Å². The molecule has 104 valence electrons. The van der Waals surface area contributed by atoms with Crippen LogP contribution in [0.25, 0.3) is 0 Å². The van der Waals surface area contributed by atoms with E-state index in [1.807, 2.05) is 4.68 Å². The molecule has 1 aromatic heterocycles. The molecule has 0 radical (unpaired) electrons. The summed E-state index contributed by atoms with van der Waals surface area (Å²) >= 11 is 3.25. The largest absolute Gasteiger partial charge is 0.370 e. The first kappa shape index (κ1) is 13.0. The van der Waals surface area contributed by atoms with Crippen LogP contribution < -0.4 is 5.32 Å². The van der Waals surface area contributed by atoms with Gasteiger partial charge in [0.15, 0.2) is 0 Å². The molecule has 0 saturated carbocycles. The molecule has 2 aromatic rings. The normalized spacial score (nSPS) is 17.6. The van der Waals surface area contributed by atoms with Crippen LogP contribution in [0, 0.1) is 10.1 Å². The molecule has 1 aliphatic rings. The number of fused-ring (bicyclic) bond motifs is 1. The smallest absolute Gasteiger partial charge is 0.293 e. The number of nitro benzene ring substituents is 1. The van der Waals surface area contributed by atoms with E-state index in [0.29, 0.717) is 10.2 Å². The average Bonchev–Trinajstić information content (AvgIpc) is 2.90. The Kier molecular flexibility index (Phi) is 3.39. The molecular weight excluding hydrogens is 326 g/mol. The highest BCUT2D eigenvalue weighted by molar-refractivity contribution is 9.10. The molecule has 2 heterocycles. The molecule has 0 aliphatic carbocycles. The van der Waals surface area contributed by atoms with Gasteiger partial charge in [-0.2, -0.15) is 5.10 Å². The predicted molar refractivity (Wildman–Crippen MR) is 76.4 cm³/mol. The first-order valence-corrected chi connectivity index (χ1v) is 7.02. The molecule has 1 aliphatic heterocycles. The van der Waals surface area contributed by atoms with Gasteiger partial charge in [-0.05, 0) is 25.0 Å². The number of aromatic nitrogens is 3. The van der Waals surface area contributed by atoms with Gasteiger partial charge in [0.2, 0.25) is 0 Å². The van der Waals surface area contributed by atoms with Crippen LogP contribution in [0.3, 0.4) is 0 Å². The highest BCUT2D eigenvalue weighted by Gasteiger charge is 2.25. The summed E-state index contributed by atoms with van der Waals surface area (Å²) in [5.41, 5.74) is 0.552. The Balaban J connectivity index is 1.92. The summed E-state index contributed by atoms with van der Waals surface area (Å²) in [7, 11) is 0. The van der Waals surface area contributed by atoms with Crippen molar-refractivity contribution in [3.8, 4) is 0 Å². The van der Waals surface area contributed by atoms with Crippen molar-refractivity contribution >= 4 is 27.3 Å². The molecule has 1 aromatic carbocycles. The van der Waals surface area contributed by atoms with Gasteiger partial charge in [-0.15, -0.1) is 0 Å². The Bertz CT molecular complexity index is 657. The molecule has 0 saturated heterocycles. The van der Waals surface area contributed by atoms with E-state index in [1.54, 1.807) is 12.1 Å². The summed E-state index contributed by atoms with van der Waals surface area (Å²) in [4.78, 5) is 15.0. The quantitative estimate of drug-likeness (QED) is 0.687. The van der Waals surface area contributed by atoms with E-state index in [2.05, 4.69) is 31.3 Å². The molecule has 0 fully saturated rings. The molecular formula is C12H12BrN5O2. The van der Waals surface area contributed by atoms with Gasteiger partial charge in [-0.25, -0.2) is 9.67 Å². The zero-order valence-corrected chi connectivity index (χ0v) is 12.1. The minimum absolute atomic E-state index is 0.0499. The van der Waals surface area contributed by atoms with Crippen molar-refractivity contribution < 1.29 is 4.92 Å². The van der Waals surface area contributed by atoms with Crippen molar-refractivity contribution in [3.05, 3.63) is 44.9 Å². The number of benzene rings is 1. The fourth-order valence-electron chi connectivity index (χ4n) is 2.39. The summed E-state index contributed by atoms with van der Waals surface area (Å²) in [6.07, 6.45) is 3.37. The highest BCUT2D eigenvalue weighted by atomic mass is 79.9. The van der Waals surface area contributed by atoms with Crippen molar-refractivity contribution in [1.29, 1.82) is 0 Å². The minimum Gasteiger partial charge on any atom is -0.370 e. The Morgan fingerprint density at radius 1 is 1.50 bits per heavy atom. The van der Waals surface area contributed by atoms with Crippen molar-refractivity contribution in [2.75, 3.05) is 5.32 Å². The molecule has 3 rings (SSSR count). The summed E-state index contributed by atoms with van der Waals surface area (Å²) < 4.78 is 2.52. The molecule has 8 heteroatoms. The lowest BCUT2D eigenvalue weighted by atomic mass is 10.1. The molecule has 1 atom stereocenters. The summed E-state index contributed by atoms with van der Waals surface area (Å²) in [5.74, 6) is 0.827. The van der Waals surface area contributed by atoms with Crippen LogP contribution in [0.1, 0.15) is 24.7 Å². The van der Waals surface area contributed by atoms with Gasteiger partial charge >= 0.3 is 0 Å². The van der Waals surface area contributed by atoms with Crippen molar-refractivity contribution in [1.82, 2.24) is 14.8 Å². The number of hydrogen-bond acceptors (Lipinski definition) is 5. The maximum atomic E-state index is 11.1. The summed E-state index contributed by atoms with van der Waals surface area (Å²) in [5, 5.41) is 18.5. The van der Waals surface area contributed by atoms with Gasteiger partial charge in [0.25, 0.3) is 5.69 Å². The zero-order valence-electron chi connectivity index (χ0n) is 10.5. The second kappa shape index (κ2) is 5.20. The standard InChI is InChI=1S/C12H12BrN5O2/c13-8-3-4-9(11(6-8)18(19)20)16-10-2-1-5-17-12(10)14-7-15-17/h3-4,6-7,10,16H,1-2,5H2/t10-/m0/s1. The number of halogens is 1. The second-order valence-electron chi connectivity index (χ2n) is 4.60. The Morgan fingerprint density at radius 2 is 2.35 bits per heavy atom. The van der Waals surface area contributed by atoms with E-state index >= 15 is 0 Å². The molecule has 0 bridgehead atoms. The van der Waals surface area contributed by atoms with Gasteiger partial charge < -0.3 is 5.32 Å². The Labute approximate surface area is 123 Å². The van der Waals surface area contributed by atoms with E-state index in [9.17, 15) is 10.1 Å². The van der Waals surface area contributed by atoms with Gasteiger partial charge in [-0.1, -0.05) is 15.9 Å². The van der Waals surface area contributed by atoms with Gasteiger partial charge in [0.1, 0.15) is 17.8 Å². The maximum Gasteiger partial charge on any atom is 0.293 e.